The summed E-state index contributed by atoms with van der Waals surface area (Å²) in [4.78, 5) is 53.0. The van der Waals surface area contributed by atoms with Crippen LogP contribution in [0.25, 0.3) is 113 Å². The second-order valence-corrected chi connectivity index (χ2v) is 30.3. The topological polar surface area (TPSA) is 188 Å². The Bertz CT molecular complexity index is 5610. The molecule has 15 nitrogen and oxygen atoms in total. The van der Waals surface area contributed by atoms with Gasteiger partial charge in [-0.05, 0) is 47.5 Å². The van der Waals surface area contributed by atoms with Crippen LogP contribution in [0.15, 0.2) is 333 Å². The number of H-pyrrole nitrogens is 3. The molecule has 21 heteroatoms. The van der Waals surface area contributed by atoms with Crippen molar-refractivity contribution in [2.75, 3.05) is 40.6 Å². The maximum Gasteiger partial charge on any atom is 0.184 e. The fourth-order valence-electron chi connectivity index (χ4n) is 13.6. The van der Waals surface area contributed by atoms with Crippen LogP contribution in [0.5, 0.6) is 11.5 Å². The Labute approximate surface area is 722 Å². The van der Waals surface area contributed by atoms with Crippen molar-refractivity contribution in [2.45, 2.75) is 35.0 Å². The molecule has 0 atom stereocenters. The van der Waals surface area contributed by atoms with Gasteiger partial charge in [-0.3, -0.25) is 14.6 Å². The number of aliphatic imine (C=N–C) groups is 1. The molecule has 0 amide bonds. The van der Waals surface area contributed by atoms with Gasteiger partial charge in [-0.1, -0.05) is 368 Å². The summed E-state index contributed by atoms with van der Waals surface area (Å²) in [7, 11) is 3.37. The molecular weight excluding hydrogens is 1620 g/mol. The van der Waals surface area contributed by atoms with Crippen molar-refractivity contribution in [3.05, 3.63) is 367 Å². The van der Waals surface area contributed by atoms with E-state index < -0.39 is 8.59 Å². The third kappa shape index (κ3) is 22.5. The van der Waals surface area contributed by atoms with Crippen molar-refractivity contribution in [1.82, 2.24) is 29.9 Å². The van der Waals surface area contributed by atoms with E-state index in [0.717, 1.165) is 165 Å². The quantitative estimate of drug-likeness (QED) is 0.0548. The molecule has 119 heavy (non-hydrogen) atoms. The smallest absolute Gasteiger partial charge is 0.184 e. The number of carbonyl (C=O) groups excluding carboxylic acids is 2. The number of nitrogens with one attached hydrogen (secondary N) is 3. The Morgan fingerprint density at radius 3 is 1.03 bits per heavy atom. The average Bonchev–Trinajstić information content (AvgIpc) is 1.59. The number of aldehydes is 2. The second kappa shape index (κ2) is 43.6. The van der Waals surface area contributed by atoms with Crippen LogP contribution in [0.1, 0.15) is 75.0 Å². The average molecular weight is 1700 g/mol. The van der Waals surface area contributed by atoms with E-state index in [1.807, 2.05) is 188 Å². The van der Waals surface area contributed by atoms with E-state index in [9.17, 15) is 9.59 Å². The van der Waals surface area contributed by atoms with Crippen molar-refractivity contribution < 1.29 is 38.0 Å². The summed E-state index contributed by atoms with van der Waals surface area (Å²) < 4.78 is 31.4. The van der Waals surface area contributed by atoms with Crippen LogP contribution in [0, 0.1) is 0 Å². The lowest BCUT2D eigenvalue weighted by atomic mass is 9.94. The molecular formula is C98H83Cl6N7O8. The summed E-state index contributed by atoms with van der Waals surface area (Å²) in [5.74, 6) is 3.96. The number of methoxy groups -OCH3 is 2. The van der Waals surface area contributed by atoms with E-state index in [-0.39, 0.29) is 20.0 Å². The summed E-state index contributed by atoms with van der Waals surface area (Å²) in [5, 5.41) is 0. The van der Waals surface area contributed by atoms with Crippen molar-refractivity contribution in [1.29, 1.82) is 0 Å². The number of halogens is 6. The molecule has 0 radical (unpaired) electrons. The van der Waals surface area contributed by atoms with Gasteiger partial charge in [0.05, 0.1) is 86.2 Å². The van der Waals surface area contributed by atoms with E-state index in [4.69, 9.17) is 118 Å². The van der Waals surface area contributed by atoms with Gasteiger partial charge in [-0.2, -0.15) is 0 Å². The molecule has 18 rings (SSSR count). The Balaban J connectivity index is 0.000000150. The zero-order valence-corrected chi connectivity index (χ0v) is 68.5. The minimum absolute atomic E-state index is 0. The molecule has 0 aliphatic carbocycles. The van der Waals surface area contributed by atoms with Crippen molar-refractivity contribution in [2.24, 2.45) is 4.99 Å². The lowest BCUT2D eigenvalue weighted by Crippen LogP contribution is -2.01. The van der Waals surface area contributed by atoms with Crippen molar-refractivity contribution >= 4 is 99.2 Å². The molecule has 3 N–H and O–H groups in total. The number of carbonyl (C=O) groups is 2. The van der Waals surface area contributed by atoms with Crippen LogP contribution in [-0.4, -0.2) is 97.4 Å². The molecule has 6 heterocycles. The zero-order chi connectivity index (χ0) is 82.0. The van der Waals surface area contributed by atoms with E-state index in [2.05, 4.69) is 142 Å². The Morgan fingerprint density at radius 2 is 0.639 bits per heavy atom. The third-order valence-electron chi connectivity index (χ3n) is 19.0. The number of aromatic nitrogens is 6. The van der Waals surface area contributed by atoms with Crippen LogP contribution >= 0.6 is 69.6 Å². The number of hydrogen-bond donors (Lipinski definition) is 3. The number of imidazole rings is 3. The minimum atomic E-state index is -0.750. The summed E-state index contributed by atoms with van der Waals surface area (Å²) in [5.41, 5.74) is 24.3. The first-order valence-electron chi connectivity index (χ1n) is 37.7. The van der Waals surface area contributed by atoms with Gasteiger partial charge in [0.15, 0.2) is 33.7 Å². The van der Waals surface area contributed by atoms with E-state index in [1.165, 1.54) is 0 Å². The highest BCUT2D eigenvalue weighted by Gasteiger charge is 2.28. The number of hydrogen-bond acceptors (Lipinski definition) is 12. The van der Waals surface area contributed by atoms with Gasteiger partial charge in [0.25, 0.3) is 0 Å². The second-order valence-electron chi connectivity index (χ2n) is 26.4. The molecule has 3 aliphatic rings. The fraction of sp³-hybridized carbons (Fsp3) is 0.122. The number of alkyl halides is 6. The van der Waals surface area contributed by atoms with Gasteiger partial charge in [-0.25, -0.2) is 15.0 Å². The predicted molar refractivity (Wildman–Crippen MR) is 485 cm³/mol. The molecule has 0 bridgehead atoms. The lowest BCUT2D eigenvalue weighted by Gasteiger charge is -2.13. The van der Waals surface area contributed by atoms with Crippen molar-refractivity contribution in [3.63, 3.8) is 0 Å². The van der Waals surface area contributed by atoms with Gasteiger partial charge < -0.3 is 43.4 Å². The molecule has 0 unspecified atom stereocenters. The predicted octanol–water partition coefficient (Wildman–Crippen LogP) is 26.0. The maximum atomic E-state index is 11.4. The Kier molecular flexibility index (Phi) is 31.7. The SMILES string of the molecule is C.COc1ccc(C2=C(c3ccc(OC)cc3)N=C(c3ccccc3-c3nc(-c4ccccc4)c(-c4ccccc4)[nH]3)C2)cc1.ClC(Cl)Cl.ClC(Cl)Cl.O=Cc1ccccc1-c1nc(-c2ccccc2)c(-c2ccccc2)[nH]1.O=Cc1ccccc1C1OCCO1.c1ccc(-c2nc(-c3ccccc3C3OCCO3)[nH]c2-c2ccccc2)cc1. The minimum Gasteiger partial charge on any atom is -0.497 e. The van der Waals surface area contributed by atoms with Crippen molar-refractivity contribution in [3.8, 4) is 113 Å². The van der Waals surface area contributed by atoms with E-state index in [0.29, 0.717) is 49.8 Å². The number of allylic oxidation sites excluding steroid dienone is 1. The number of benzene rings is 12. The van der Waals surface area contributed by atoms with E-state index in [1.54, 1.807) is 26.4 Å². The van der Waals surface area contributed by atoms with Gasteiger partial charge in [0.1, 0.15) is 29.0 Å². The number of aromatic amines is 3. The van der Waals surface area contributed by atoms with Gasteiger partial charge in [0.2, 0.25) is 0 Å². The highest BCUT2D eigenvalue weighted by molar-refractivity contribution is 6.63. The first kappa shape index (κ1) is 86.5. The maximum absolute atomic E-state index is 11.4. The normalized spacial score (nSPS) is 12.8. The summed E-state index contributed by atoms with van der Waals surface area (Å²) in [6.07, 6.45) is 1.66. The number of ether oxygens (including phenoxy) is 6. The molecule has 600 valence electrons. The van der Waals surface area contributed by atoms with Gasteiger partial charge in [0, 0.05) is 89.9 Å². The summed E-state index contributed by atoms with van der Waals surface area (Å²) in [6.45, 7) is 2.42. The Morgan fingerprint density at radius 1 is 0.336 bits per heavy atom. The number of nitrogens with zero attached hydrogens (tertiary/aromatic N) is 4. The molecule has 0 saturated carbocycles. The molecule has 3 aromatic heterocycles. The highest BCUT2D eigenvalue weighted by Crippen LogP contribution is 2.43. The van der Waals surface area contributed by atoms with Crippen LogP contribution in [-0.2, 0) is 18.9 Å². The first-order valence-corrected chi connectivity index (χ1v) is 40.3. The standard InChI is InChI=1S/C39H31N3O2.C24H20N2O2.C22H16N2O.C10H10O3.2CHCl3.CH4/c1-43-30-21-17-26(18-22-30)34-25-35(40-36(34)29-19-23-31(44-2)24-20-29)32-15-9-10-16-33(32)39-41-37(27-11-5-3-6-12-27)38(42-39)28-13-7-4-8-14-28;1-3-9-17(10-4-1)21-22(18-11-5-2-6-12-18)26-23(25-21)19-13-7-8-14-20(19)24-27-15-16-28-24;25-15-18-13-7-8-14-19(18)22-23-20(16-9-3-1-4-10-16)21(24-22)17-11-5-2-6-12-17;11-7-8-3-1-2-4-9(8)10-12-5-6-13-10;2*2-1(3)4;/h3-24H,25H2,1-2H3,(H,41,42);1-14,24H,15-16H2,(H,25,26);1-15H,(H,23,24);1-4,7,10H,5-6H2;2*1H;1H4. The first-order chi connectivity index (χ1) is 57.9. The van der Waals surface area contributed by atoms with Gasteiger partial charge in [-0.15, -0.1) is 0 Å². The summed E-state index contributed by atoms with van der Waals surface area (Å²) in [6, 6.07) is 109. The molecule has 12 aromatic carbocycles. The number of rotatable bonds is 18. The zero-order valence-electron chi connectivity index (χ0n) is 64.0. The van der Waals surface area contributed by atoms with Crippen LogP contribution in [0.4, 0.5) is 0 Å². The van der Waals surface area contributed by atoms with Crippen LogP contribution < -0.4 is 9.47 Å². The molecule has 2 fully saturated rings. The molecule has 3 aliphatic heterocycles. The fourth-order valence-corrected chi connectivity index (χ4v) is 13.6. The van der Waals surface area contributed by atoms with Gasteiger partial charge >= 0.3 is 0 Å². The molecule has 2 saturated heterocycles. The Hall–Kier alpha value is -11.8. The van der Waals surface area contributed by atoms with E-state index >= 15 is 0 Å². The molecule has 0 spiro atoms. The van der Waals surface area contributed by atoms with Crippen LogP contribution in [0.2, 0.25) is 0 Å². The van der Waals surface area contributed by atoms with Crippen LogP contribution in [0.3, 0.4) is 0 Å². The third-order valence-corrected chi connectivity index (χ3v) is 19.0. The summed E-state index contributed by atoms with van der Waals surface area (Å²) >= 11 is 28.8. The lowest BCUT2D eigenvalue weighted by molar-refractivity contribution is -0.0444. The molecule has 15 aromatic rings. The highest BCUT2D eigenvalue weighted by atomic mass is 35.6. The largest absolute Gasteiger partial charge is 0.497 e. The monoisotopic (exact) mass is 1700 g/mol.